The molecule has 24 heavy (non-hydrogen) atoms. The van der Waals surface area contributed by atoms with Crippen LogP contribution in [-0.2, 0) is 0 Å². The van der Waals surface area contributed by atoms with Crippen molar-refractivity contribution in [2.45, 2.75) is 0 Å². The summed E-state index contributed by atoms with van der Waals surface area (Å²) in [4.78, 5) is 4.65. The molecule has 0 atom stereocenters. The Kier molecular flexibility index (Phi) is 3.65. The molecule has 0 N–H and O–H groups in total. The van der Waals surface area contributed by atoms with Crippen LogP contribution in [0.15, 0.2) is 71.2 Å². The van der Waals surface area contributed by atoms with Crippen molar-refractivity contribution in [3.05, 3.63) is 82.8 Å². The highest BCUT2D eigenvalue weighted by Crippen LogP contribution is 2.31. The first-order valence-electron chi connectivity index (χ1n) is 7.33. The number of hydrogen-bond acceptors (Lipinski definition) is 1. The van der Waals surface area contributed by atoms with Crippen molar-refractivity contribution in [1.82, 2.24) is 9.55 Å². The van der Waals surface area contributed by atoms with Crippen LogP contribution in [-0.4, -0.2) is 9.55 Å². The molecule has 0 bridgehead atoms. The Morgan fingerprint density at radius 2 is 1.46 bits per heavy atom. The molecule has 4 aromatic rings. The first-order valence-corrected chi connectivity index (χ1v) is 8.12. The van der Waals surface area contributed by atoms with Gasteiger partial charge in [0.05, 0.1) is 21.2 Å². The van der Waals surface area contributed by atoms with Gasteiger partial charge in [0.15, 0.2) is 0 Å². The van der Waals surface area contributed by atoms with Crippen molar-refractivity contribution in [2.75, 3.05) is 0 Å². The van der Waals surface area contributed by atoms with Gasteiger partial charge in [0, 0.05) is 5.56 Å². The molecule has 0 amide bonds. The smallest absolute Gasteiger partial charge is 0.145 e. The van der Waals surface area contributed by atoms with Gasteiger partial charge in [-0.05, 0) is 40.2 Å². The fourth-order valence-electron chi connectivity index (χ4n) is 2.74. The van der Waals surface area contributed by atoms with Crippen LogP contribution < -0.4 is 0 Å². The molecule has 118 valence electrons. The number of hydrogen-bond donors (Lipinski definition) is 0. The second kappa shape index (κ2) is 5.83. The largest absolute Gasteiger partial charge is 0.292 e. The molecule has 0 aliphatic rings. The Bertz CT molecular complexity index is 1020. The normalized spacial score (nSPS) is 11.1. The van der Waals surface area contributed by atoms with Gasteiger partial charge in [-0.2, -0.15) is 0 Å². The standard InChI is InChI=1S/C19H11BrF2N2/c20-18-14(21)10-13(11-15(18)22)24-17-9-5-4-8-16(17)23-19(24)12-6-2-1-3-7-12/h1-11H. The highest BCUT2D eigenvalue weighted by atomic mass is 79.9. The van der Waals surface area contributed by atoms with Crippen LogP contribution >= 0.6 is 15.9 Å². The number of aromatic nitrogens is 2. The third-order valence-corrected chi connectivity index (χ3v) is 4.58. The summed E-state index contributed by atoms with van der Waals surface area (Å²) in [7, 11) is 0. The van der Waals surface area contributed by atoms with E-state index in [9.17, 15) is 8.78 Å². The lowest BCUT2D eigenvalue weighted by atomic mass is 10.2. The lowest BCUT2D eigenvalue weighted by molar-refractivity contribution is 0.570. The second-order valence-electron chi connectivity index (χ2n) is 5.35. The highest BCUT2D eigenvalue weighted by Gasteiger charge is 2.17. The van der Waals surface area contributed by atoms with Gasteiger partial charge >= 0.3 is 0 Å². The Morgan fingerprint density at radius 3 is 2.17 bits per heavy atom. The van der Waals surface area contributed by atoms with Gasteiger partial charge in [-0.15, -0.1) is 0 Å². The number of fused-ring (bicyclic) bond motifs is 1. The number of rotatable bonds is 2. The van der Waals surface area contributed by atoms with Crippen LogP contribution in [0.2, 0.25) is 0 Å². The molecule has 4 rings (SSSR count). The van der Waals surface area contributed by atoms with Crippen molar-refractivity contribution in [2.24, 2.45) is 0 Å². The molecule has 0 spiro atoms. The lowest BCUT2D eigenvalue weighted by Crippen LogP contribution is -2.00. The van der Waals surface area contributed by atoms with Crippen LogP contribution in [0.3, 0.4) is 0 Å². The fourth-order valence-corrected chi connectivity index (χ4v) is 2.97. The summed E-state index contributed by atoms with van der Waals surface area (Å²) in [6.07, 6.45) is 0. The van der Waals surface area contributed by atoms with Gasteiger partial charge in [0.2, 0.25) is 0 Å². The van der Waals surface area contributed by atoms with Crippen LogP contribution in [0.5, 0.6) is 0 Å². The summed E-state index contributed by atoms with van der Waals surface area (Å²) in [6.45, 7) is 0. The first kappa shape index (κ1) is 15.0. The molecule has 0 aliphatic heterocycles. The number of para-hydroxylation sites is 2. The monoisotopic (exact) mass is 384 g/mol. The van der Waals surface area contributed by atoms with E-state index >= 15 is 0 Å². The number of halogens is 3. The van der Waals surface area contributed by atoms with Crippen LogP contribution in [0.1, 0.15) is 0 Å². The van der Waals surface area contributed by atoms with Gasteiger partial charge in [0.25, 0.3) is 0 Å². The predicted molar refractivity (Wildman–Crippen MR) is 94.1 cm³/mol. The second-order valence-corrected chi connectivity index (χ2v) is 6.14. The maximum Gasteiger partial charge on any atom is 0.145 e. The highest BCUT2D eigenvalue weighted by molar-refractivity contribution is 9.10. The average molecular weight is 385 g/mol. The molecule has 0 fully saturated rings. The van der Waals surface area contributed by atoms with Gasteiger partial charge in [0.1, 0.15) is 17.5 Å². The predicted octanol–water partition coefficient (Wildman–Crippen LogP) is 5.73. The summed E-state index contributed by atoms with van der Waals surface area (Å²) in [5.74, 6) is -0.665. The van der Waals surface area contributed by atoms with E-state index in [1.54, 1.807) is 4.57 Å². The summed E-state index contributed by atoms with van der Waals surface area (Å²) >= 11 is 2.91. The van der Waals surface area contributed by atoms with Gasteiger partial charge in [-0.1, -0.05) is 42.5 Å². The lowest BCUT2D eigenvalue weighted by Gasteiger charge is -2.11. The van der Waals surface area contributed by atoms with Crippen molar-refractivity contribution in [3.8, 4) is 17.1 Å². The minimum Gasteiger partial charge on any atom is -0.292 e. The molecular formula is C19H11BrF2N2. The third kappa shape index (κ3) is 2.41. The maximum absolute atomic E-state index is 14.0. The van der Waals surface area contributed by atoms with E-state index in [1.807, 2.05) is 54.6 Å². The van der Waals surface area contributed by atoms with E-state index in [0.29, 0.717) is 11.5 Å². The topological polar surface area (TPSA) is 17.8 Å². The zero-order valence-corrected chi connectivity index (χ0v) is 14.0. The van der Waals surface area contributed by atoms with Gasteiger partial charge < -0.3 is 0 Å². The van der Waals surface area contributed by atoms with Crippen LogP contribution in [0, 0.1) is 11.6 Å². The Balaban J connectivity index is 2.07. The summed E-state index contributed by atoms with van der Waals surface area (Å²) in [5.41, 5.74) is 2.82. The Hall–Kier alpha value is -2.53. The summed E-state index contributed by atoms with van der Waals surface area (Å²) in [6, 6.07) is 19.7. The van der Waals surface area contributed by atoms with Crippen molar-refractivity contribution in [1.29, 1.82) is 0 Å². The average Bonchev–Trinajstić information content (AvgIpc) is 2.99. The van der Waals surface area contributed by atoms with E-state index in [2.05, 4.69) is 20.9 Å². The number of imidazole rings is 1. The third-order valence-electron chi connectivity index (χ3n) is 3.82. The number of benzene rings is 3. The number of nitrogens with zero attached hydrogens (tertiary/aromatic N) is 2. The maximum atomic E-state index is 14.0. The molecule has 3 aromatic carbocycles. The fraction of sp³-hybridized carbons (Fsp3) is 0. The molecule has 0 radical (unpaired) electrons. The van der Waals surface area contributed by atoms with E-state index in [1.165, 1.54) is 12.1 Å². The molecule has 0 saturated carbocycles. The van der Waals surface area contributed by atoms with Crippen LogP contribution in [0.4, 0.5) is 8.78 Å². The van der Waals surface area contributed by atoms with Gasteiger partial charge in [-0.25, -0.2) is 13.8 Å². The zero-order chi connectivity index (χ0) is 16.7. The SMILES string of the molecule is Fc1cc(-n2c(-c3ccccc3)nc3ccccc32)cc(F)c1Br. The molecule has 0 unspecified atom stereocenters. The van der Waals surface area contributed by atoms with Gasteiger partial charge in [-0.3, -0.25) is 4.57 Å². The molecule has 1 aromatic heterocycles. The van der Waals surface area contributed by atoms with E-state index < -0.39 is 11.6 Å². The molecule has 0 saturated heterocycles. The van der Waals surface area contributed by atoms with E-state index in [0.717, 1.165) is 16.6 Å². The first-order chi connectivity index (χ1) is 11.6. The quantitative estimate of drug-likeness (QED) is 0.403. The van der Waals surface area contributed by atoms with Crippen molar-refractivity contribution < 1.29 is 8.78 Å². The van der Waals surface area contributed by atoms with E-state index in [4.69, 9.17) is 0 Å². The molecular weight excluding hydrogens is 374 g/mol. The molecule has 5 heteroatoms. The van der Waals surface area contributed by atoms with Crippen LogP contribution in [0.25, 0.3) is 28.1 Å². The van der Waals surface area contributed by atoms with Crippen molar-refractivity contribution in [3.63, 3.8) is 0 Å². The zero-order valence-electron chi connectivity index (χ0n) is 12.4. The summed E-state index contributed by atoms with van der Waals surface area (Å²) in [5, 5.41) is 0. The molecule has 0 aliphatic carbocycles. The minimum absolute atomic E-state index is 0.170. The molecule has 2 nitrogen and oxygen atoms in total. The summed E-state index contributed by atoms with van der Waals surface area (Å²) < 4.78 is 29.7. The minimum atomic E-state index is -0.651. The Morgan fingerprint density at radius 1 is 0.833 bits per heavy atom. The Labute approximate surface area is 145 Å². The van der Waals surface area contributed by atoms with E-state index in [-0.39, 0.29) is 4.47 Å². The van der Waals surface area contributed by atoms with Crippen molar-refractivity contribution >= 4 is 27.0 Å². The molecule has 1 heterocycles.